The predicted molar refractivity (Wildman–Crippen MR) is 57.6 cm³/mol. The minimum Gasteiger partial charge on any atom is -0.340 e. The Bertz CT molecular complexity index is 275. The first kappa shape index (κ1) is 9.82. The number of nitrogens with zero attached hydrogens (tertiary/aromatic N) is 4. The Kier molecular flexibility index (Phi) is 2.95. The fraction of sp³-hybridized carbons (Fsp3) is 0.750. The van der Waals surface area contributed by atoms with E-state index in [4.69, 9.17) is 5.73 Å². The SMILES string of the molecule is CN1CCN(c2nncs2)C(CN)C1. The molecule has 78 valence electrons. The molecule has 1 atom stereocenters. The second-order valence-corrected chi connectivity index (χ2v) is 4.38. The van der Waals surface area contributed by atoms with Crippen LogP contribution >= 0.6 is 11.3 Å². The van der Waals surface area contributed by atoms with Gasteiger partial charge in [0.05, 0.1) is 6.04 Å². The molecule has 0 spiro atoms. The van der Waals surface area contributed by atoms with Crippen molar-refractivity contribution < 1.29 is 0 Å². The number of anilines is 1. The average molecular weight is 213 g/mol. The Morgan fingerprint density at radius 3 is 3.14 bits per heavy atom. The number of nitrogens with two attached hydrogens (primary N) is 1. The molecular formula is C8H15N5S. The van der Waals surface area contributed by atoms with Gasteiger partial charge in [-0.2, -0.15) is 0 Å². The van der Waals surface area contributed by atoms with Crippen LogP contribution in [0, 0.1) is 0 Å². The van der Waals surface area contributed by atoms with Crippen molar-refractivity contribution in [3.63, 3.8) is 0 Å². The van der Waals surface area contributed by atoms with Crippen LogP contribution in [0.15, 0.2) is 5.51 Å². The molecule has 0 saturated carbocycles. The van der Waals surface area contributed by atoms with Crippen LogP contribution in [0.25, 0.3) is 0 Å². The highest BCUT2D eigenvalue weighted by Crippen LogP contribution is 2.20. The maximum absolute atomic E-state index is 5.75. The van der Waals surface area contributed by atoms with Gasteiger partial charge in [0.15, 0.2) is 0 Å². The third-order valence-corrected chi connectivity index (χ3v) is 3.28. The molecule has 5 nitrogen and oxygen atoms in total. The molecule has 0 aliphatic carbocycles. The smallest absolute Gasteiger partial charge is 0.208 e. The monoisotopic (exact) mass is 213 g/mol. The molecule has 0 aromatic carbocycles. The summed E-state index contributed by atoms with van der Waals surface area (Å²) in [5.41, 5.74) is 7.52. The molecule has 1 aliphatic rings. The highest BCUT2D eigenvalue weighted by molar-refractivity contribution is 7.13. The molecule has 2 N–H and O–H groups in total. The van der Waals surface area contributed by atoms with Crippen LogP contribution in [0.2, 0.25) is 0 Å². The number of hydrogen-bond acceptors (Lipinski definition) is 6. The van der Waals surface area contributed by atoms with Gasteiger partial charge < -0.3 is 15.5 Å². The van der Waals surface area contributed by atoms with Crippen molar-refractivity contribution in [2.45, 2.75) is 6.04 Å². The van der Waals surface area contributed by atoms with E-state index in [1.165, 1.54) is 0 Å². The predicted octanol–water partition coefficient (Wildman–Crippen LogP) is -0.383. The maximum atomic E-state index is 5.75. The lowest BCUT2D eigenvalue weighted by Crippen LogP contribution is -2.55. The summed E-state index contributed by atoms with van der Waals surface area (Å²) in [6.07, 6.45) is 0. The first-order valence-electron chi connectivity index (χ1n) is 4.72. The summed E-state index contributed by atoms with van der Waals surface area (Å²) in [6.45, 7) is 3.74. The van der Waals surface area contributed by atoms with Gasteiger partial charge in [0.1, 0.15) is 5.51 Å². The van der Waals surface area contributed by atoms with Crippen molar-refractivity contribution in [3.8, 4) is 0 Å². The fourth-order valence-electron chi connectivity index (χ4n) is 1.76. The van der Waals surface area contributed by atoms with Crippen molar-refractivity contribution in [1.82, 2.24) is 15.1 Å². The van der Waals surface area contributed by atoms with E-state index in [-0.39, 0.29) is 0 Å². The van der Waals surface area contributed by atoms with Crippen molar-refractivity contribution in [1.29, 1.82) is 0 Å². The van der Waals surface area contributed by atoms with Crippen LogP contribution in [0.5, 0.6) is 0 Å². The highest BCUT2D eigenvalue weighted by atomic mass is 32.1. The summed E-state index contributed by atoms with van der Waals surface area (Å²) in [4.78, 5) is 4.56. The fourth-order valence-corrected chi connectivity index (χ4v) is 2.42. The second kappa shape index (κ2) is 4.20. The van der Waals surface area contributed by atoms with E-state index in [0.717, 1.165) is 24.8 Å². The van der Waals surface area contributed by atoms with Crippen LogP contribution in [0.4, 0.5) is 5.13 Å². The molecule has 1 fully saturated rings. The third-order valence-electron chi connectivity index (χ3n) is 2.55. The van der Waals surface area contributed by atoms with Crippen LogP contribution < -0.4 is 10.6 Å². The van der Waals surface area contributed by atoms with Crippen LogP contribution in [0.1, 0.15) is 0 Å². The van der Waals surface area contributed by atoms with E-state index in [1.54, 1.807) is 16.8 Å². The van der Waals surface area contributed by atoms with E-state index in [1.807, 2.05) is 0 Å². The lowest BCUT2D eigenvalue weighted by Gasteiger charge is -2.39. The Hall–Kier alpha value is -0.720. The van der Waals surface area contributed by atoms with Crippen molar-refractivity contribution in [3.05, 3.63) is 5.51 Å². The molecule has 6 heteroatoms. The maximum Gasteiger partial charge on any atom is 0.208 e. The van der Waals surface area contributed by atoms with E-state index >= 15 is 0 Å². The van der Waals surface area contributed by atoms with E-state index in [0.29, 0.717) is 12.6 Å². The summed E-state index contributed by atoms with van der Waals surface area (Å²) in [6, 6.07) is 0.377. The summed E-state index contributed by atoms with van der Waals surface area (Å²) in [5.74, 6) is 0. The number of hydrogen-bond donors (Lipinski definition) is 1. The zero-order valence-corrected chi connectivity index (χ0v) is 9.07. The minimum atomic E-state index is 0.377. The minimum absolute atomic E-state index is 0.377. The molecule has 1 saturated heterocycles. The lowest BCUT2D eigenvalue weighted by molar-refractivity contribution is 0.269. The van der Waals surface area contributed by atoms with Crippen molar-refractivity contribution >= 4 is 16.5 Å². The molecule has 0 amide bonds. The van der Waals surface area contributed by atoms with Crippen molar-refractivity contribution in [2.24, 2.45) is 5.73 Å². The molecular weight excluding hydrogens is 198 g/mol. The van der Waals surface area contributed by atoms with Gasteiger partial charge in [0.2, 0.25) is 5.13 Å². The van der Waals surface area contributed by atoms with Gasteiger partial charge in [-0.25, -0.2) is 0 Å². The van der Waals surface area contributed by atoms with E-state index < -0.39 is 0 Å². The average Bonchev–Trinajstić information content (AvgIpc) is 2.70. The van der Waals surface area contributed by atoms with Crippen molar-refractivity contribution in [2.75, 3.05) is 38.1 Å². The number of rotatable bonds is 2. The molecule has 1 aromatic heterocycles. The Morgan fingerprint density at radius 1 is 1.64 bits per heavy atom. The quantitative estimate of drug-likeness (QED) is 0.725. The molecule has 2 heterocycles. The van der Waals surface area contributed by atoms with Gasteiger partial charge in [-0.3, -0.25) is 0 Å². The number of aromatic nitrogens is 2. The normalized spacial score (nSPS) is 24.1. The first-order valence-corrected chi connectivity index (χ1v) is 5.60. The topological polar surface area (TPSA) is 58.3 Å². The largest absolute Gasteiger partial charge is 0.340 e. The zero-order chi connectivity index (χ0) is 9.97. The van der Waals surface area contributed by atoms with Crippen LogP contribution in [-0.4, -0.2) is 54.4 Å². The Labute approximate surface area is 87.5 Å². The van der Waals surface area contributed by atoms with Gasteiger partial charge >= 0.3 is 0 Å². The van der Waals surface area contributed by atoms with Gasteiger partial charge in [0, 0.05) is 26.2 Å². The third kappa shape index (κ3) is 1.87. The summed E-state index contributed by atoms with van der Waals surface area (Å²) < 4.78 is 0. The molecule has 14 heavy (non-hydrogen) atoms. The van der Waals surface area contributed by atoms with Crippen LogP contribution in [-0.2, 0) is 0 Å². The summed E-state index contributed by atoms with van der Waals surface area (Å²) in [5, 5.41) is 8.94. The zero-order valence-electron chi connectivity index (χ0n) is 8.26. The Balaban J connectivity index is 2.10. The van der Waals surface area contributed by atoms with E-state index in [2.05, 4.69) is 27.0 Å². The van der Waals surface area contributed by atoms with Gasteiger partial charge in [0.25, 0.3) is 0 Å². The number of likely N-dealkylation sites (N-methyl/N-ethyl adjacent to an activating group) is 1. The van der Waals surface area contributed by atoms with Gasteiger partial charge in [-0.15, -0.1) is 10.2 Å². The summed E-state index contributed by atoms with van der Waals surface area (Å²) in [7, 11) is 2.13. The second-order valence-electron chi connectivity index (χ2n) is 3.57. The molecule has 1 aromatic rings. The molecule has 0 radical (unpaired) electrons. The first-order chi connectivity index (χ1) is 6.81. The standard InChI is InChI=1S/C8H15N5S/c1-12-2-3-13(7(4-9)5-12)8-11-10-6-14-8/h6-7H,2-5,9H2,1H3. The van der Waals surface area contributed by atoms with Crippen LogP contribution in [0.3, 0.4) is 0 Å². The van der Waals surface area contributed by atoms with E-state index in [9.17, 15) is 0 Å². The number of piperazine rings is 1. The molecule has 1 unspecified atom stereocenters. The molecule has 1 aliphatic heterocycles. The highest BCUT2D eigenvalue weighted by Gasteiger charge is 2.25. The Morgan fingerprint density at radius 2 is 2.50 bits per heavy atom. The van der Waals surface area contributed by atoms with Gasteiger partial charge in [-0.05, 0) is 7.05 Å². The molecule has 0 bridgehead atoms. The molecule has 2 rings (SSSR count). The summed E-state index contributed by atoms with van der Waals surface area (Å²) >= 11 is 1.58. The lowest BCUT2D eigenvalue weighted by atomic mass is 10.2. The van der Waals surface area contributed by atoms with Gasteiger partial charge in [-0.1, -0.05) is 11.3 Å².